The quantitative estimate of drug-likeness (QED) is 0.141. The third kappa shape index (κ3) is 10.9. The van der Waals surface area contributed by atoms with E-state index < -0.39 is 17.5 Å². The summed E-state index contributed by atoms with van der Waals surface area (Å²) in [5.41, 5.74) is 1.76. The topological polar surface area (TPSA) is 83.8 Å². The number of hydrogen-bond donors (Lipinski definition) is 2. The number of aliphatic hydroxyl groups excluding tert-OH is 1. The fourth-order valence-electron chi connectivity index (χ4n) is 5.63. The molecule has 5 nitrogen and oxygen atoms in total. The number of carboxylic acids is 1. The number of carboxylic acid groups (broad SMARTS) is 1. The Morgan fingerprint density at radius 3 is 2.34 bits per heavy atom. The molecule has 0 bridgehead atoms. The molecule has 38 heavy (non-hydrogen) atoms. The summed E-state index contributed by atoms with van der Waals surface area (Å²) in [6.45, 7) is 8.29. The van der Waals surface area contributed by atoms with Crippen LogP contribution in [-0.2, 0) is 22.4 Å². The number of allylic oxidation sites excluding steroid dienone is 2. The van der Waals surface area contributed by atoms with Crippen molar-refractivity contribution < 1.29 is 24.5 Å². The van der Waals surface area contributed by atoms with Gasteiger partial charge in [-0.1, -0.05) is 82.4 Å². The summed E-state index contributed by atoms with van der Waals surface area (Å²) in [4.78, 5) is 25.4. The van der Waals surface area contributed by atoms with Crippen molar-refractivity contribution in [3.05, 3.63) is 41.0 Å². The fraction of sp³-hybridized carbons (Fsp3) is 0.697. The third-order valence-corrected chi connectivity index (χ3v) is 8.04. The first-order valence-corrected chi connectivity index (χ1v) is 15.0. The number of ketones is 1. The molecule has 1 aliphatic heterocycles. The van der Waals surface area contributed by atoms with Gasteiger partial charge in [-0.25, -0.2) is 0 Å². The third-order valence-electron chi connectivity index (χ3n) is 8.04. The van der Waals surface area contributed by atoms with Crippen molar-refractivity contribution in [2.24, 2.45) is 11.3 Å². The molecule has 1 aromatic carbocycles. The molecular weight excluding hydrogens is 476 g/mol. The van der Waals surface area contributed by atoms with E-state index in [0.717, 1.165) is 42.6 Å². The molecule has 0 aliphatic carbocycles. The molecule has 2 rings (SSSR count). The zero-order chi connectivity index (χ0) is 28.0. The second-order valence-electron chi connectivity index (χ2n) is 11.9. The van der Waals surface area contributed by atoms with E-state index in [9.17, 15) is 19.8 Å². The Labute approximate surface area is 231 Å². The molecule has 214 valence electrons. The Morgan fingerprint density at radius 1 is 1.05 bits per heavy atom. The Bertz CT molecular complexity index is 901. The molecule has 1 aliphatic rings. The van der Waals surface area contributed by atoms with Gasteiger partial charge in [-0.15, -0.1) is 0 Å². The number of aliphatic hydroxyl groups is 1. The SMILES string of the molecule is CCCCCCCCCCCC(O)CC(Cc1ccc2c(c1)OCCC2)C(C)(CC(=O)C=C(C)C)C(=O)O. The molecule has 0 aromatic heterocycles. The van der Waals surface area contributed by atoms with Gasteiger partial charge in [0.2, 0.25) is 0 Å². The number of rotatable bonds is 19. The summed E-state index contributed by atoms with van der Waals surface area (Å²) in [5, 5.41) is 21.3. The van der Waals surface area contributed by atoms with Gasteiger partial charge in [0.05, 0.1) is 18.1 Å². The molecule has 0 radical (unpaired) electrons. The first kappa shape index (κ1) is 32.1. The highest BCUT2D eigenvalue weighted by Gasteiger charge is 2.43. The van der Waals surface area contributed by atoms with Gasteiger partial charge in [0.15, 0.2) is 5.78 Å². The van der Waals surface area contributed by atoms with Crippen LogP contribution in [0.25, 0.3) is 0 Å². The van der Waals surface area contributed by atoms with Gasteiger partial charge in [-0.2, -0.15) is 0 Å². The summed E-state index contributed by atoms with van der Waals surface area (Å²) in [6, 6.07) is 6.15. The van der Waals surface area contributed by atoms with Crippen LogP contribution in [0.3, 0.4) is 0 Å². The molecule has 0 fully saturated rings. The molecule has 2 N–H and O–H groups in total. The maximum atomic E-state index is 12.7. The summed E-state index contributed by atoms with van der Waals surface area (Å²) in [6.07, 6.45) is 15.3. The monoisotopic (exact) mass is 528 g/mol. The minimum atomic E-state index is -1.28. The number of hydrogen-bond acceptors (Lipinski definition) is 4. The summed E-state index contributed by atoms with van der Waals surface area (Å²) in [5.74, 6) is -0.672. The summed E-state index contributed by atoms with van der Waals surface area (Å²) < 4.78 is 5.85. The molecule has 0 spiro atoms. The molecule has 3 atom stereocenters. The van der Waals surface area contributed by atoms with Crippen LogP contribution in [0.1, 0.15) is 122 Å². The predicted octanol–water partition coefficient (Wildman–Crippen LogP) is 7.86. The molecule has 0 saturated heterocycles. The van der Waals surface area contributed by atoms with Gasteiger partial charge in [0, 0.05) is 6.42 Å². The van der Waals surface area contributed by atoms with Crippen molar-refractivity contribution in [1.82, 2.24) is 0 Å². The van der Waals surface area contributed by atoms with Crippen LogP contribution < -0.4 is 4.74 Å². The van der Waals surface area contributed by atoms with E-state index in [1.165, 1.54) is 56.6 Å². The van der Waals surface area contributed by atoms with Crippen molar-refractivity contribution in [3.63, 3.8) is 0 Å². The van der Waals surface area contributed by atoms with E-state index >= 15 is 0 Å². The highest BCUT2D eigenvalue weighted by molar-refractivity contribution is 5.94. The van der Waals surface area contributed by atoms with Gasteiger partial charge in [0.1, 0.15) is 5.75 Å². The zero-order valence-electron chi connectivity index (χ0n) is 24.4. The van der Waals surface area contributed by atoms with E-state index in [2.05, 4.69) is 13.0 Å². The van der Waals surface area contributed by atoms with Crippen LogP contribution in [0.15, 0.2) is 29.8 Å². The second-order valence-corrected chi connectivity index (χ2v) is 11.9. The van der Waals surface area contributed by atoms with Gasteiger partial charge < -0.3 is 14.9 Å². The zero-order valence-corrected chi connectivity index (χ0v) is 24.4. The first-order valence-electron chi connectivity index (χ1n) is 15.0. The number of unbranched alkanes of at least 4 members (excludes halogenated alkanes) is 8. The van der Waals surface area contributed by atoms with Gasteiger partial charge in [0.25, 0.3) is 0 Å². The number of carbonyl (C=O) groups is 2. The van der Waals surface area contributed by atoms with Crippen LogP contribution >= 0.6 is 0 Å². The van der Waals surface area contributed by atoms with E-state index in [1.807, 2.05) is 26.0 Å². The minimum absolute atomic E-state index is 0.0790. The van der Waals surface area contributed by atoms with Gasteiger partial charge in [-0.3, -0.25) is 9.59 Å². The Hall–Kier alpha value is -2.14. The number of benzene rings is 1. The molecule has 1 aromatic rings. The molecule has 3 unspecified atom stereocenters. The fourth-order valence-corrected chi connectivity index (χ4v) is 5.63. The van der Waals surface area contributed by atoms with Crippen LogP contribution in [0, 0.1) is 11.3 Å². The maximum absolute atomic E-state index is 12.7. The number of fused-ring (bicyclic) bond motifs is 1. The lowest BCUT2D eigenvalue weighted by atomic mass is 9.68. The average Bonchev–Trinajstić information content (AvgIpc) is 2.86. The summed E-state index contributed by atoms with van der Waals surface area (Å²) >= 11 is 0. The maximum Gasteiger partial charge on any atom is 0.310 e. The normalized spacial score (nSPS) is 16.0. The van der Waals surface area contributed by atoms with E-state index in [4.69, 9.17) is 4.74 Å². The highest BCUT2D eigenvalue weighted by atomic mass is 16.5. The Morgan fingerprint density at radius 2 is 1.71 bits per heavy atom. The Kier molecular flexibility index (Phi) is 14.1. The van der Waals surface area contributed by atoms with E-state index in [0.29, 0.717) is 25.9 Å². The number of aryl methyl sites for hydroxylation is 1. The average molecular weight is 529 g/mol. The van der Waals surface area contributed by atoms with E-state index in [1.54, 1.807) is 6.92 Å². The Balaban J connectivity index is 2.07. The van der Waals surface area contributed by atoms with Gasteiger partial charge >= 0.3 is 5.97 Å². The lowest BCUT2D eigenvalue weighted by molar-refractivity contribution is -0.154. The van der Waals surface area contributed by atoms with Crippen LogP contribution in [0.4, 0.5) is 0 Å². The largest absolute Gasteiger partial charge is 0.493 e. The lowest BCUT2D eigenvalue weighted by Crippen LogP contribution is -2.40. The van der Waals surface area contributed by atoms with Crippen molar-refractivity contribution in [3.8, 4) is 5.75 Å². The minimum Gasteiger partial charge on any atom is -0.493 e. The second kappa shape index (κ2) is 16.7. The molecular formula is C33H52O5. The molecule has 1 heterocycles. The molecule has 0 saturated carbocycles. The standard InChI is InChI=1S/C33H52O5/c1-5-6-7-8-9-10-11-12-13-16-29(34)23-28(33(4,32(36)37)24-30(35)20-25(2)3)21-26-17-18-27-15-14-19-38-31(27)22-26/h17-18,20,22,28-29,34H,5-16,19,21,23-24H2,1-4H3,(H,36,37). The van der Waals surface area contributed by atoms with Crippen LogP contribution in [0.2, 0.25) is 0 Å². The highest BCUT2D eigenvalue weighted by Crippen LogP contribution is 2.39. The summed E-state index contributed by atoms with van der Waals surface area (Å²) in [7, 11) is 0. The van der Waals surface area contributed by atoms with Crippen LogP contribution in [-0.4, -0.2) is 34.7 Å². The van der Waals surface area contributed by atoms with Crippen molar-refractivity contribution in [1.29, 1.82) is 0 Å². The first-order chi connectivity index (χ1) is 18.2. The predicted molar refractivity (Wildman–Crippen MR) is 155 cm³/mol. The lowest BCUT2D eigenvalue weighted by Gasteiger charge is -2.35. The van der Waals surface area contributed by atoms with Crippen molar-refractivity contribution in [2.75, 3.05) is 6.61 Å². The van der Waals surface area contributed by atoms with Crippen LogP contribution in [0.5, 0.6) is 5.75 Å². The van der Waals surface area contributed by atoms with E-state index in [-0.39, 0.29) is 18.1 Å². The number of carbonyl (C=O) groups excluding carboxylic acids is 1. The van der Waals surface area contributed by atoms with Crippen molar-refractivity contribution in [2.45, 2.75) is 130 Å². The van der Waals surface area contributed by atoms with Crippen molar-refractivity contribution >= 4 is 11.8 Å². The molecule has 0 amide bonds. The number of aliphatic carboxylic acids is 1. The number of ether oxygens (including phenoxy) is 1. The smallest absolute Gasteiger partial charge is 0.310 e. The molecule has 5 heteroatoms. The van der Waals surface area contributed by atoms with Gasteiger partial charge in [-0.05, 0) is 82.1 Å².